The van der Waals surface area contributed by atoms with Crippen LogP contribution in [0.3, 0.4) is 0 Å². The summed E-state index contributed by atoms with van der Waals surface area (Å²) >= 11 is 0. The second-order valence-corrected chi connectivity index (χ2v) is 4.19. The van der Waals surface area contributed by atoms with E-state index in [9.17, 15) is 13.9 Å². The lowest BCUT2D eigenvalue weighted by atomic mass is 9.82. The highest BCUT2D eigenvalue weighted by Crippen LogP contribution is 2.33. The fraction of sp³-hybridized carbons (Fsp3) is 0.500. The van der Waals surface area contributed by atoms with Crippen molar-refractivity contribution in [3.05, 3.63) is 35.4 Å². The zero-order valence-corrected chi connectivity index (χ0v) is 8.42. The average Bonchev–Trinajstić information content (AvgIpc) is 2.22. The number of hydrogen-bond acceptors (Lipinski definition) is 1. The van der Waals surface area contributed by atoms with E-state index in [-0.39, 0.29) is 12.0 Å². The Morgan fingerprint density at radius 3 is 2.60 bits per heavy atom. The maximum absolute atomic E-state index is 13.0. The molecule has 2 unspecified atom stereocenters. The van der Waals surface area contributed by atoms with Crippen LogP contribution in [-0.4, -0.2) is 11.2 Å². The molecule has 1 N–H and O–H groups in total. The summed E-state index contributed by atoms with van der Waals surface area (Å²) in [6, 6.07) is 4.02. The predicted molar refractivity (Wildman–Crippen MR) is 53.6 cm³/mol. The van der Waals surface area contributed by atoms with Crippen LogP contribution >= 0.6 is 0 Å². The molecule has 0 saturated heterocycles. The van der Waals surface area contributed by atoms with E-state index in [1.165, 1.54) is 6.07 Å². The monoisotopic (exact) mass is 212 g/mol. The van der Waals surface area contributed by atoms with E-state index in [0.29, 0.717) is 6.42 Å². The molecule has 1 nitrogen and oxygen atoms in total. The molecule has 3 heteroatoms. The molecule has 0 aromatic heterocycles. The van der Waals surface area contributed by atoms with Crippen molar-refractivity contribution in [1.29, 1.82) is 0 Å². The third-order valence-corrected chi connectivity index (χ3v) is 3.06. The Morgan fingerprint density at radius 1 is 1.13 bits per heavy atom. The minimum Gasteiger partial charge on any atom is -0.393 e. The van der Waals surface area contributed by atoms with Crippen LogP contribution in [-0.2, 0) is 0 Å². The van der Waals surface area contributed by atoms with Gasteiger partial charge in [0.2, 0.25) is 0 Å². The highest BCUT2D eigenvalue weighted by atomic mass is 19.2. The summed E-state index contributed by atoms with van der Waals surface area (Å²) in [5.41, 5.74) is 0.799. The summed E-state index contributed by atoms with van der Waals surface area (Å²) in [4.78, 5) is 0. The summed E-state index contributed by atoms with van der Waals surface area (Å²) in [5, 5.41) is 9.50. The first-order valence-electron chi connectivity index (χ1n) is 5.30. The molecule has 2 rings (SSSR count). The molecule has 82 valence electrons. The van der Waals surface area contributed by atoms with E-state index in [0.717, 1.165) is 30.9 Å². The van der Waals surface area contributed by atoms with Crippen LogP contribution in [0.15, 0.2) is 18.2 Å². The van der Waals surface area contributed by atoms with E-state index >= 15 is 0 Å². The van der Waals surface area contributed by atoms with Gasteiger partial charge in [-0.2, -0.15) is 0 Å². The van der Waals surface area contributed by atoms with Crippen molar-refractivity contribution in [2.24, 2.45) is 0 Å². The number of benzene rings is 1. The van der Waals surface area contributed by atoms with E-state index in [1.807, 2.05) is 0 Å². The molecule has 0 radical (unpaired) electrons. The van der Waals surface area contributed by atoms with Crippen LogP contribution in [0, 0.1) is 11.6 Å². The van der Waals surface area contributed by atoms with Gasteiger partial charge in [0.25, 0.3) is 0 Å². The second kappa shape index (κ2) is 4.27. The number of hydrogen-bond donors (Lipinski definition) is 1. The van der Waals surface area contributed by atoms with Gasteiger partial charge in [0.15, 0.2) is 11.6 Å². The van der Waals surface area contributed by atoms with E-state index in [1.54, 1.807) is 6.07 Å². The van der Waals surface area contributed by atoms with Crippen molar-refractivity contribution in [1.82, 2.24) is 0 Å². The van der Waals surface area contributed by atoms with Gasteiger partial charge in [-0.3, -0.25) is 0 Å². The fourth-order valence-electron chi connectivity index (χ4n) is 2.23. The molecule has 0 aliphatic heterocycles. The molecule has 0 amide bonds. The van der Waals surface area contributed by atoms with Gasteiger partial charge in [-0.25, -0.2) is 8.78 Å². The lowest BCUT2D eigenvalue weighted by Gasteiger charge is -2.26. The molecule has 1 aromatic carbocycles. The first kappa shape index (κ1) is 10.6. The maximum atomic E-state index is 13.0. The number of aliphatic hydroxyl groups excluding tert-OH is 1. The first-order chi connectivity index (χ1) is 7.16. The van der Waals surface area contributed by atoms with Gasteiger partial charge in [-0.05, 0) is 42.9 Å². The average molecular weight is 212 g/mol. The number of aliphatic hydroxyl groups is 1. The third-order valence-electron chi connectivity index (χ3n) is 3.06. The van der Waals surface area contributed by atoms with Gasteiger partial charge >= 0.3 is 0 Å². The highest BCUT2D eigenvalue weighted by molar-refractivity contribution is 5.22. The Balaban J connectivity index is 2.18. The smallest absolute Gasteiger partial charge is 0.159 e. The number of rotatable bonds is 1. The van der Waals surface area contributed by atoms with Crippen LogP contribution in [0.25, 0.3) is 0 Å². The Labute approximate surface area is 87.7 Å². The van der Waals surface area contributed by atoms with Crippen molar-refractivity contribution >= 4 is 0 Å². The van der Waals surface area contributed by atoms with Gasteiger partial charge < -0.3 is 5.11 Å². The Bertz CT molecular complexity index is 351. The van der Waals surface area contributed by atoms with Crippen LogP contribution in [0.1, 0.15) is 37.2 Å². The summed E-state index contributed by atoms with van der Waals surface area (Å²) in [6.45, 7) is 0. The van der Waals surface area contributed by atoms with E-state index < -0.39 is 11.6 Å². The van der Waals surface area contributed by atoms with Crippen molar-refractivity contribution in [2.75, 3.05) is 0 Å². The van der Waals surface area contributed by atoms with Gasteiger partial charge in [-0.15, -0.1) is 0 Å². The Morgan fingerprint density at radius 2 is 1.93 bits per heavy atom. The van der Waals surface area contributed by atoms with E-state index in [4.69, 9.17) is 0 Å². The first-order valence-corrected chi connectivity index (χ1v) is 5.30. The van der Waals surface area contributed by atoms with E-state index in [2.05, 4.69) is 0 Å². The van der Waals surface area contributed by atoms with Crippen LogP contribution < -0.4 is 0 Å². The van der Waals surface area contributed by atoms with Gasteiger partial charge in [-0.1, -0.05) is 12.5 Å². The molecule has 1 aliphatic rings. The van der Waals surface area contributed by atoms with Crippen molar-refractivity contribution in [2.45, 2.75) is 37.7 Å². The van der Waals surface area contributed by atoms with Crippen molar-refractivity contribution < 1.29 is 13.9 Å². The largest absolute Gasteiger partial charge is 0.393 e. The van der Waals surface area contributed by atoms with Crippen LogP contribution in [0.4, 0.5) is 8.78 Å². The predicted octanol–water partition coefficient (Wildman–Crippen LogP) is 2.98. The molecule has 0 bridgehead atoms. The zero-order valence-electron chi connectivity index (χ0n) is 8.42. The lowest BCUT2D eigenvalue weighted by Crippen LogP contribution is -2.18. The molecule has 0 spiro atoms. The standard InChI is InChI=1S/C12H14F2O/c13-11-5-4-9(7-12(11)14)8-2-1-3-10(15)6-8/h4-5,7-8,10,15H,1-3,6H2. The SMILES string of the molecule is OC1CCCC(c2ccc(F)c(F)c2)C1. The molecular formula is C12H14F2O. The van der Waals surface area contributed by atoms with Gasteiger partial charge in [0.05, 0.1) is 6.10 Å². The summed E-state index contributed by atoms with van der Waals surface area (Å²) in [6.07, 6.45) is 3.08. The molecule has 1 fully saturated rings. The summed E-state index contributed by atoms with van der Waals surface area (Å²) in [7, 11) is 0. The Hall–Kier alpha value is -0.960. The fourth-order valence-corrected chi connectivity index (χ4v) is 2.23. The van der Waals surface area contributed by atoms with Gasteiger partial charge in [0.1, 0.15) is 0 Å². The maximum Gasteiger partial charge on any atom is 0.159 e. The molecule has 2 atom stereocenters. The van der Waals surface area contributed by atoms with Crippen LogP contribution in [0.5, 0.6) is 0 Å². The van der Waals surface area contributed by atoms with Gasteiger partial charge in [0, 0.05) is 0 Å². The quantitative estimate of drug-likeness (QED) is 0.758. The minimum absolute atomic E-state index is 0.170. The van der Waals surface area contributed by atoms with Crippen molar-refractivity contribution in [3.8, 4) is 0 Å². The van der Waals surface area contributed by atoms with Crippen molar-refractivity contribution in [3.63, 3.8) is 0 Å². The Kier molecular flexibility index (Phi) is 3.00. The number of halogens is 2. The second-order valence-electron chi connectivity index (χ2n) is 4.19. The lowest BCUT2D eigenvalue weighted by molar-refractivity contribution is 0.119. The zero-order chi connectivity index (χ0) is 10.8. The molecule has 0 heterocycles. The third kappa shape index (κ3) is 2.34. The molecular weight excluding hydrogens is 198 g/mol. The minimum atomic E-state index is -0.810. The summed E-state index contributed by atoms with van der Waals surface area (Å²) < 4.78 is 25.7. The normalized spacial score (nSPS) is 26.6. The van der Waals surface area contributed by atoms with Crippen LogP contribution in [0.2, 0.25) is 0 Å². The highest BCUT2D eigenvalue weighted by Gasteiger charge is 2.22. The molecule has 1 aromatic rings. The molecule has 15 heavy (non-hydrogen) atoms. The summed E-state index contributed by atoms with van der Waals surface area (Å²) in [5.74, 6) is -1.44. The molecule has 1 aliphatic carbocycles. The topological polar surface area (TPSA) is 20.2 Å². The molecule has 1 saturated carbocycles.